The first-order chi connectivity index (χ1) is 9.79. The van der Waals surface area contributed by atoms with Crippen molar-refractivity contribution in [1.82, 2.24) is 10.1 Å². The summed E-state index contributed by atoms with van der Waals surface area (Å²) in [6.07, 6.45) is 1.93. The van der Waals surface area contributed by atoms with Crippen LogP contribution < -0.4 is 5.73 Å². The molecule has 2 aromatic rings. The van der Waals surface area contributed by atoms with Gasteiger partial charge in [-0.1, -0.05) is 36.3 Å². The van der Waals surface area contributed by atoms with Crippen LogP contribution in [0.1, 0.15) is 48.1 Å². The third kappa shape index (κ3) is 2.46. The van der Waals surface area contributed by atoms with Crippen molar-refractivity contribution in [2.75, 3.05) is 13.2 Å². The summed E-state index contributed by atoms with van der Waals surface area (Å²) in [6, 6.07) is 8.00. The molecule has 0 spiro atoms. The van der Waals surface area contributed by atoms with Crippen molar-refractivity contribution in [2.24, 2.45) is 5.73 Å². The van der Waals surface area contributed by atoms with Gasteiger partial charge >= 0.3 is 0 Å². The molecule has 3 rings (SSSR count). The number of hydrogen-bond acceptors (Lipinski definition) is 5. The molecule has 2 unspecified atom stereocenters. The van der Waals surface area contributed by atoms with Gasteiger partial charge in [-0.25, -0.2) is 0 Å². The Labute approximate surface area is 118 Å². The fourth-order valence-corrected chi connectivity index (χ4v) is 2.45. The van der Waals surface area contributed by atoms with Gasteiger partial charge in [0.15, 0.2) is 5.82 Å². The predicted octanol–water partition coefficient (Wildman–Crippen LogP) is 2.18. The first-order valence-electron chi connectivity index (χ1n) is 7.04. The van der Waals surface area contributed by atoms with E-state index in [1.54, 1.807) is 0 Å². The van der Waals surface area contributed by atoms with Crippen molar-refractivity contribution < 1.29 is 9.26 Å². The summed E-state index contributed by atoms with van der Waals surface area (Å²) in [5, 5.41) is 3.98. The zero-order valence-electron chi connectivity index (χ0n) is 11.6. The van der Waals surface area contributed by atoms with Crippen LogP contribution in [-0.4, -0.2) is 23.4 Å². The van der Waals surface area contributed by atoms with Gasteiger partial charge < -0.3 is 15.0 Å². The second kappa shape index (κ2) is 5.73. The van der Waals surface area contributed by atoms with Gasteiger partial charge in [0.1, 0.15) is 0 Å². The third-order valence-corrected chi connectivity index (χ3v) is 3.59. The average Bonchev–Trinajstić information content (AvgIpc) is 2.90. The van der Waals surface area contributed by atoms with Gasteiger partial charge in [0.25, 0.3) is 0 Å². The van der Waals surface area contributed by atoms with Crippen LogP contribution >= 0.6 is 0 Å². The topological polar surface area (TPSA) is 74.2 Å². The highest BCUT2D eigenvalue weighted by molar-refractivity contribution is 5.43. The molecular weight excluding hydrogens is 254 g/mol. The molecule has 0 saturated heterocycles. The maximum Gasteiger partial charge on any atom is 0.234 e. The summed E-state index contributed by atoms with van der Waals surface area (Å²) in [7, 11) is 0. The van der Waals surface area contributed by atoms with Gasteiger partial charge in [-0.05, 0) is 24.0 Å². The van der Waals surface area contributed by atoms with E-state index in [0.717, 1.165) is 12.8 Å². The highest BCUT2D eigenvalue weighted by Gasteiger charge is 2.32. The van der Waals surface area contributed by atoms with Crippen LogP contribution in [0.3, 0.4) is 0 Å². The third-order valence-electron chi connectivity index (χ3n) is 3.59. The first kappa shape index (κ1) is 13.3. The van der Waals surface area contributed by atoms with Crippen LogP contribution in [0.2, 0.25) is 0 Å². The van der Waals surface area contributed by atoms with Crippen LogP contribution in [0, 0.1) is 0 Å². The molecule has 5 nitrogen and oxygen atoms in total. The predicted molar refractivity (Wildman–Crippen MR) is 74.3 cm³/mol. The van der Waals surface area contributed by atoms with Crippen LogP contribution in [0.4, 0.5) is 0 Å². The summed E-state index contributed by atoms with van der Waals surface area (Å²) in [5.74, 6) is 1.40. The Morgan fingerprint density at radius 3 is 3.10 bits per heavy atom. The molecule has 1 aliphatic carbocycles. The Morgan fingerprint density at radius 1 is 1.45 bits per heavy atom. The van der Waals surface area contributed by atoms with Crippen LogP contribution in [0.5, 0.6) is 0 Å². The zero-order valence-corrected chi connectivity index (χ0v) is 11.6. The molecule has 0 saturated carbocycles. The smallest absolute Gasteiger partial charge is 0.234 e. The minimum absolute atomic E-state index is 0.219. The molecule has 0 aliphatic heterocycles. The molecular formula is C15H19N3O2. The number of nitrogens with two attached hydrogens (primary N) is 1. The van der Waals surface area contributed by atoms with E-state index >= 15 is 0 Å². The number of fused-ring (bicyclic) bond motifs is 1. The van der Waals surface area contributed by atoms with Crippen molar-refractivity contribution >= 4 is 0 Å². The quantitative estimate of drug-likeness (QED) is 0.817. The summed E-state index contributed by atoms with van der Waals surface area (Å²) >= 11 is 0. The van der Waals surface area contributed by atoms with Crippen molar-refractivity contribution in [3.63, 3.8) is 0 Å². The lowest BCUT2D eigenvalue weighted by Crippen LogP contribution is -2.20. The van der Waals surface area contributed by atoms with Crippen molar-refractivity contribution in [3.8, 4) is 0 Å². The molecule has 1 aliphatic rings. The summed E-state index contributed by atoms with van der Waals surface area (Å²) < 4.78 is 10.8. The molecule has 106 valence electrons. The van der Waals surface area contributed by atoms with E-state index in [4.69, 9.17) is 15.0 Å². The number of aromatic nitrogens is 2. The van der Waals surface area contributed by atoms with Gasteiger partial charge in [0.05, 0.1) is 18.6 Å². The molecule has 1 heterocycles. The highest BCUT2D eigenvalue weighted by atomic mass is 16.5. The lowest BCUT2D eigenvalue weighted by molar-refractivity contribution is 0.119. The Kier molecular flexibility index (Phi) is 3.80. The molecule has 0 bridgehead atoms. The molecule has 20 heavy (non-hydrogen) atoms. The van der Waals surface area contributed by atoms with E-state index in [1.807, 2.05) is 6.07 Å². The molecule has 0 amide bonds. The Balaban J connectivity index is 1.66. The zero-order chi connectivity index (χ0) is 13.9. The average molecular weight is 273 g/mol. The number of ether oxygens (including phenoxy) is 1. The molecule has 2 N–H and O–H groups in total. The first-order valence-corrected chi connectivity index (χ1v) is 7.04. The van der Waals surface area contributed by atoms with Gasteiger partial charge in [-0.15, -0.1) is 0 Å². The van der Waals surface area contributed by atoms with E-state index in [9.17, 15) is 0 Å². The van der Waals surface area contributed by atoms with E-state index in [2.05, 4.69) is 35.3 Å². The van der Waals surface area contributed by atoms with Crippen LogP contribution in [0.15, 0.2) is 28.8 Å². The standard InChI is InChI=1S/C15H19N3O2/c1-2-7-19-9-13(16)14-17-15(20-18-14)12-8-10-5-3-4-6-11(10)12/h3-6,12-13H,2,7-9,16H2,1H3. The van der Waals surface area contributed by atoms with Crippen molar-refractivity contribution in [3.05, 3.63) is 47.1 Å². The van der Waals surface area contributed by atoms with Crippen LogP contribution in [0.25, 0.3) is 0 Å². The number of rotatable bonds is 6. The minimum Gasteiger partial charge on any atom is -0.379 e. The number of benzene rings is 1. The fourth-order valence-electron chi connectivity index (χ4n) is 2.45. The van der Waals surface area contributed by atoms with Gasteiger partial charge in [-0.2, -0.15) is 4.98 Å². The number of nitrogens with zero attached hydrogens (tertiary/aromatic N) is 2. The highest BCUT2D eigenvalue weighted by Crippen LogP contribution is 2.39. The SMILES string of the molecule is CCCOCC(N)c1noc(C2Cc3ccccc32)n1. The lowest BCUT2D eigenvalue weighted by atomic mass is 9.77. The molecule has 5 heteroatoms. The van der Waals surface area contributed by atoms with E-state index in [0.29, 0.717) is 24.9 Å². The molecule has 2 atom stereocenters. The van der Waals surface area contributed by atoms with Crippen molar-refractivity contribution in [2.45, 2.75) is 31.7 Å². The van der Waals surface area contributed by atoms with E-state index in [-0.39, 0.29) is 12.0 Å². The summed E-state index contributed by atoms with van der Waals surface area (Å²) in [4.78, 5) is 4.43. The molecule has 1 aromatic carbocycles. The lowest BCUT2D eigenvalue weighted by Gasteiger charge is -2.26. The minimum atomic E-state index is -0.325. The molecule has 1 aromatic heterocycles. The normalized spacial score (nSPS) is 18.4. The van der Waals surface area contributed by atoms with Gasteiger partial charge in [0, 0.05) is 6.61 Å². The van der Waals surface area contributed by atoms with Crippen LogP contribution in [-0.2, 0) is 11.2 Å². The second-order valence-corrected chi connectivity index (χ2v) is 5.13. The summed E-state index contributed by atoms with van der Waals surface area (Å²) in [5.41, 5.74) is 8.62. The fraction of sp³-hybridized carbons (Fsp3) is 0.467. The maximum absolute atomic E-state index is 5.99. The van der Waals surface area contributed by atoms with E-state index < -0.39 is 0 Å². The Hall–Kier alpha value is -1.72. The summed E-state index contributed by atoms with van der Waals surface area (Å²) in [6.45, 7) is 3.19. The second-order valence-electron chi connectivity index (χ2n) is 5.13. The van der Waals surface area contributed by atoms with Gasteiger partial charge in [-0.3, -0.25) is 0 Å². The Morgan fingerprint density at radius 2 is 2.30 bits per heavy atom. The maximum atomic E-state index is 5.99. The molecule has 0 radical (unpaired) electrons. The van der Waals surface area contributed by atoms with Gasteiger partial charge in [0.2, 0.25) is 5.89 Å². The van der Waals surface area contributed by atoms with Crippen molar-refractivity contribution in [1.29, 1.82) is 0 Å². The molecule has 0 fully saturated rings. The monoisotopic (exact) mass is 273 g/mol. The number of hydrogen-bond donors (Lipinski definition) is 1. The largest absolute Gasteiger partial charge is 0.379 e. The Bertz CT molecular complexity index is 582. The van der Waals surface area contributed by atoms with E-state index in [1.165, 1.54) is 11.1 Å².